The molecule has 1 fully saturated rings. The number of aryl methyl sites for hydroxylation is 2. The second-order valence-corrected chi connectivity index (χ2v) is 7.05. The first kappa shape index (κ1) is 15.8. The quantitative estimate of drug-likeness (QED) is 0.829. The van der Waals surface area contributed by atoms with Crippen LogP contribution in [-0.2, 0) is 0 Å². The van der Waals surface area contributed by atoms with Gasteiger partial charge in [-0.3, -0.25) is 0 Å². The fourth-order valence-corrected chi connectivity index (χ4v) is 3.93. The maximum atomic E-state index is 6.19. The van der Waals surface area contributed by atoms with E-state index in [0.29, 0.717) is 5.92 Å². The Morgan fingerprint density at radius 2 is 1.95 bits per heavy atom. The predicted molar refractivity (Wildman–Crippen MR) is 91.3 cm³/mol. The fourth-order valence-electron chi connectivity index (χ4n) is 3.70. The van der Waals surface area contributed by atoms with E-state index in [1.54, 1.807) is 0 Å². The molecule has 3 N–H and O–H groups in total. The lowest BCUT2D eigenvalue weighted by atomic mass is 9.71. The van der Waals surface area contributed by atoms with E-state index < -0.39 is 0 Å². The van der Waals surface area contributed by atoms with Crippen molar-refractivity contribution in [3.05, 3.63) is 27.7 Å². The molecule has 1 saturated carbocycles. The van der Waals surface area contributed by atoms with Crippen molar-refractivity contribution in [2.75, 3.05) is 11.9 Å². The summed E-state index contributed by atoms with van der Waals surface area (Å²) >= 11 is 3.64. The first-order valence-corrected chi connectivity index (χ1v) is 8.56. The molecule has 1 aliphatic carbocycles. The van der Waals surface area contributed by atoms with Crippen LogP contribution in [0.4, 0.5) is 5.69 Å². The average Bonchev–Trinajstić information content (AvgIpc) is 2.45. The lowest BCUT2D eigenvalue weighted by Crippen LogP contribution is -2.53. The van der Waals surface area contributed by atoms with Crippen molar-refractivity contribution in [3.63, 3.8) is 0 Å². The van der Waals surface area contributed by atoms with E-state index in [1.807, 2.05) is 0 Å². The molecule has 20 heavy (non-hydrogen) atoms. The molecule has 0 spiro atoms. The van der Waals surface area contributed by atoms with Gasteiger partial charge >= 0.3 is 0 Å². The summed E-state index contributed by atoms with van der Waals surface area (Å²) < 4.78 is 1.21. The fraction of sp³-hybridized carbons (Fsp3) is 0.647. The normalized spacial score (nSPS) is 26.6. The highest BCUT2D eigenvalue weighted by Gasteiger charge is 2.38. The summed E-state index contributed by atoms with van der Waals surface area (Å²) in [5.41, 5.74) is 10.0. The van der Waals surface area contributed by atoms with Gasteiger partial charge in [0.25, 0.3) is 0 Å². The smallest absolute Gasteiger partial charge is 0.0523 e. The number of nitrogens with one attached hydrogen (secondary N) is 1. The second-order valence-electron chi connectivity index (χ2n) is 6.26. The summed E-state index contributed by atoms with van der Waals surface area (Å²) in [5, 5.41) is 3.81. The summed E-state index contributed by atoms with van der Waals surface area (Å²) in [7, 11) is 0. The van der Waals surface area contributed by atoms with Gasteiger partial charge in [0.1, 0.15) is 0 Å². The molecule has 0 heterocycles. The highest BCUT2D eigenvalue weighted by atomic mass is 79.9. The van der Waals surface area contributed by atoms with Crippen molar-refractivity contribution in [3.8, 4) is 0 Å². The van der Waals surface area contributed by atoms with Crippen LogP contribution in [0.2, 0.25) is 0 Å². The maximum Gasteiger partial charge on any atom is 0.0523 e. The molecule has 0 radical (unpaired) electrons. The van der Waals surface area contributed by atoms with E-state index >= 15 is 0 Å². The van der Waals surface area contributed by atoms with Gasteiger partial charge in [0.15, 0.2) is 0 Å². The molecule has 0 bridgehead atoms. The van der Waals surface area contributed by atoms with Crippen LogP contribution in [0.5, 0.6) is 0 Å². The van der Waals surface area contributed by atoms with Gasteiger partial charge in [-0.15, -0.1) is 0 Å². The van der Waals surface area contributed by atoms with Crippen LogP contribution < -0.4 is 11.1 Å². The zero-order chi connectivity index (χ0) is 14.8. The minimum Gasteiger partial charge on any atom is -0.378 e. The van der Waals surface area contributed by atoms with Crippen molar-refractivity contribution in [1.82, 2.24) is 0 Å². The molecule has 2 atom stereocenters. The Hall–Kier alpha value is -0.540. The second kappa shape index (κ2) is 6.48. The molecular weight excluding hydrogens is 312 g/mol. The lowest BCUT2D eigenvalue weighted by molar-refractivity contribution is 0.212. The van der Waals surface area contributed by atoms with Crippen LogP contribution in [0.1, 0.15) is 50.2 Å². The number of nitrogens with two attached hydrogens (primary N) is 1. The van der Waals surface area contributed by atoms with E-state index in [2.05, 4.69) is 54.2 Å². The van der Waals surface area contributed by atoms with Crippen molar-refractivity contribution in [2.45, 2.75) is 58.4 Å². The van der Waals surface area contributed by atoms with Crippen molar-refractivity contribution in [1.29, 1.82) is 0 Å². The van der Waals surface area contributed by atoms with Gasteiger partial charge in [-0.25, -0.2) is 0 Å². The maximum absolute atomic E-state index is 6.19. The first-order valence-electron chi connectivity index (χ1n) is 7.77. The minimum absolute atomic E-state index is 0.0830. The SMILES string of the molecule is CCC1CCCCC1(CN)Nc1cc(C)c(Br)c(C)c1. The first-order chi connectivity index (χ1) is 9.52. The topological polar surface area (TPSA) is 38.0 Å². The Morgan fingerprint density at radius 1 is 1.30 bits per heavy atom. The molecule has 2 rings (SSSR count). The highest BCUT2D eigenvalue weighted by molar-refractivity contribution is 9.10. The Labute approximate surface area is 131 Å². The van der Waals surface area contributed by atoms with Gasteiger partial charge < -0.3 is 11.1 Å². The summed E-state index contributed by atoms with van der Waals surface area (Å²) in [6.45, 7) is 7.31. The van der Waals surface area contributed by atoms with Crippen molar-refractivity contribution < 1.29 is 0 Å². The van der Waals surface area contributed by atoms with Crippen molar-refractivity contribution >= 4 is 21.6 Å². The third kappa shape index (κ3) is 3.04. The molecule has 1 aromatic rings. The Kier molecular flexibility index (Phi) is 5.14. The third-order valence-corrected chi connectivity index (χ3v) is 6.14. The van der Waals surface area contributed by atoms with E-state index in [-0.39, 0.29) is 5.54 Å². The molecule has 2 unspecified atom stereocenters. The van der Waals surface area contributed by atoms with Gasteiger partial charge in [0.2, 0.25) is 0 Å². The number of hydrogen-bond acceptors (Lipinski definition) is 2. The Morgan fingerprint density at radius 3 is 2.50 bits per heavy atom. The molecule has 3 heteroatoms. The molecule has 0 saturated heterocycles. The van der Waals surface area contributed by atoms with Crippen LogP contribution in [0, 0.1) is 19.8 Å². The molecule has 0 aromatic heterocycles. The number of rotatable bonds is 4. The van der Waals surface area contributed by atoms with Gasteiger partial charge in [-0.05, 0) is 55.9 Å². The third-order valence-electron chi connectivity index (χ3n) is 4.89. The summed E-state index contributed by atoms with van der Waals surface area (Å²) in [5.74, 6) is 0.686. The zero-order valence-corrected chi connectivity index (χ0v) is 14.5. The minimum atomic E-state index is 0.0830. The van der Waals surface area contributed by atoms with E-state index in [1.165, 1.54) is 53.4 Å². The summed E-state index contributed by atoms with van der Waals surface area (Å²) in [4.78, 5) is 0. The van der Waals surface area contributed by atoms with Crippen molar-refractivity contribution in [2.24, 2.45) is 11.7 Å². The van der Waals surface area contributed by atoms with Crippen LogP contribution in [0.25, 0.3) is 0 Å². The van der Waals surface area contributed by atoms with Gasteiger partial charge in [0.05, 0.1) is 5.54 Å². The number of hydrogen-bond donors (Lipinski definition) is 2. The van der Waals surface area contributed by atoms with Crippen LogP contribution in [0.3, 0.4) is 0 Å². The molecule has 112 valence electrons. The highest BCUT2D eigenvalue weighted by Crippen LogP contribution is 2.38. The molecule has 1 aromatic carbocycles. The zero-order valence-electron chi connectivity index (χ0n) is 12.9. The molecule has 0 aliphatic heterocycles. The standard InChI is InChI=1S/C17H27BrN2/c1-4-14-7-5-6-8-17(14,11-19)20-15-9-12(2)16(18)13(3)10-15/h9-10,14,20H,4-8,11,19H2,1-3H3. The predicted octanol–water partition coefficient (Wildman–Crippen LogP) is 4.78. The molecule has 2 nitrogen and oxygen atoms in total. The van der Waals surface area contributed by atoms with E-state index in [0.717, 1.165) is 6.54 Å². The summed E-state index contributed by atoms with van der Waals surface area (Å²) in [6.07, 6.45) is 6.33. The summed E-state index contributed by atoms with van der Waals surface area (Å²) in [6, 6.07) is 4.46. The van der Waals surface area contributed by atoms with Crippen LogP contribution in [-0.4, -0.2) is 12.1 Å². The average molecular weight is 339 g/mol. The van der Waals surface area contributed by atoms with E-state index in [9.17, 15) is 0 Å². The largest absolute Gasteiger partial charge is 0.378 e. The molecular formula is C17H27BrN2. The number of anilines is 1. The Balaban J connectivity index is 2.29. The number of benzene rings is 1. The van der Waals surface area contributed by atoms with Crippen LogP contribution >= 0.6 is 15.9 Å². The monoisotopic (exact) mass is 338 g/mol. The molecule has 0 amide bonds. The number of halogens is 1. The molecule has 1 aliphatic rings. The van der Waals surface area contributed by atoms with Crippen LogP contribution in [0.15, 0.2) is 16.6 Å². The van der Waals surface area contributed by atoms with Gasteiger partial charge in [0, 0.05) is 16.7 Å². The lowest BCUT2D eigenvalue weighted by Gasteiger charge is -2.45. The Bertz CT molecular complexity index is 449. The van der Waals surface area contributed by atoms with E-state index in [4.69, 9.17) is 5.73 Å². The van der Waals surface area contributed by atoms with Gasteiger partial charge in [-0.2, -0.15) is 0 Å². The van der Waals surface area contributed by atoms with Gasteiger partial charge in [-0.1, -0.05) is 42.1 Å².